The lowest BCUT2D eigenvalue weighted by Gasteiger charge is -2.29. The molecule has 1 amide bonds. The zero-order valence-electron chi connectivity index (χ0n) is 21.0. The van der Waals surface area contributed by atoms with Crippen LogP contribution in [-0.2, 0) is 35.2 Å². The summed E-state index contributed by atoms with van der Waals surface area (Å²) in [4.78, 5) is 17.4. The van der Waals surface area contributed by atoms with Gasteiger partial charge < -0.3 is 14.1 Å². The highest BCUT2D eigenvalue weighted by Crippen LogP contribution is 2.29. The second kappa shape index (κ2) is 12.4. The number of ether oxygens (including phenoxy) is 1. The monoisotopic (exact) mass is 514 g/mol. The molecule has 1 aliphatic rings. The zero-order chi connectivity index (χ0) is 26.3. The molecule has 2 heterocycles. The number of hydrogen-bond donors (Lipinski definition) is 0. The van der Waals surface area contributed by atoms with Crippen molar-refractivity contribution < 1.29 is 27.1 Å². The summed E-state index contributed by atoms with van der Waals surface area (Å²) in [5.41, 5.74) is 1.17. The minimum absolute atomic E-state index is 0.00717. The van der Waals surface area contributed by atoms with Crippen LogP contribution in [0.15, 0.2) is 71.1 Å². The van der Waals surface area contributed by atoms with Crippen molar-refractivity contribution in [3.8, 4) is 0 Å². The van der Waals surface area contributed by atoms with Crippen LogP contribution in [0.3, 0.4) is 0 Å². The first-order valence-corrected chi connectivity index (χ1v) is 12.6. The maximum Gasteiger partial charge on any atom is 0.416 e. The molecule has 0 N–H and O–H groups in total. The Balaban J connectivity index is 1.47. The number of furan rings is 1. The molecule has 0 unspecified atom stereocenters. The smallest absolute Gasteiger partial charge is 0.416 e. The van der Waals surface area contributed by atoms with Gasteiger partial charge in [0.25, 0.3) is 0 Å². The molecule has 0 spiro atoms. The number of hydrogen-bond acceptors (Lipinski definition) is 4. The van der Waals surface area contributed by atoms with E-state index in [-0.39, 0.29) is 18.6 Å². The summed E-state index contributed by atoms with van der Waals surface area (Å²) in [5.74, 6) is 1.44. The number of carbonyl (C=O) groups excluding carboxylic acids is 1. The lowest BCUT2D eigenvalue weighted by molar-refractivity contribution is -0.137. The summed E-state index contributed by atoms with van der Waals surface area (Å²) in [6, 6.07) is 18.9. The fourth-order valence-electron chi connectivity index (χ4n) is 4.57. The van der Waals surface area contributed by atoms with Gasteiger partial charge in [-0.2, -0.15) is 13.2 Å². The van der Waals surface area contributed by atoms with Gasteiger partial charge in [-0.05, 0) is 61.6 Å². The molecule has 0 saturated carbocycles. The van der Waals surface area contributed by atoms with Crippen LogP contribution >= 0.6 is 0 Å². The lowest BCUT2D eigenvalue weighted by atomic mass is 10.1. The van der Waals surface area contributed by atoms with Gasteiger partial charge in [-0.25, -0.2) is 0 Å². The third-order valence-electron chi connectivity index (χ3n) is 6.54. The van der Waals surface area contributed by atoms with Crippen molar-refractivity contribution in [1.29, 1.82) is 0 Å². The second-order valence-corrected chi connectivity index (χ2v) is 9.56. The molecule has 1 aliphatic heterocycles. The van der Waals surface area contributed by atoms with Gasteiger partial charge in [-0.3, -0.25) is 9.69 Å². The van der Waals surface area contributed by atoms with Crippen molar-refractivity contribution >= 4 is 5.91 Å². The number of alkyl halides is 3. The van der Waals surface area contributed by atoms with E-state index >= 15 is 0 Å². The summed E-state index contributed by atoms with van der Waals surface area (Å²) in [7, 11) is 0. The predicted molar refractivity (Wildman–Crippen MR) is 135 cm³/mol. The van der Waals surface area contributed by atoms with Crippen LogP contribution in [0.5, 0.6) is 0 Å². The highest BCUT2D eigenvalue weighted by molar-refractivity contribution is 5.78. The molecular formula is C29H33F3N2O3. The Morgan fingerprint density at radius 1 is 0.973 bits per heavy atom. The molecule has 1 aromatic heterocycles. The number of halogens is 3. The van der Waals surface area contributed by atoms with Gasteiger partial charge in [0.15, 0.2) is 0 Å². The Labute approximate surface area is 215 Å². The number of nitrogens with zero attached hydrogens (tertiary/aromatic N) is 2. The summed E-state index contributed by atoms with van der Waals surface area (Å²) in [5, 5.41) is 0. The van der Waals surface area contributed by atoms with E-state index in [4.69, 9.17) is 9.15 Å². The average Bonchev–Trinajstić information content (AvgIpc) is 3.53. The van der Waals surface area contributed by atoms with Crippen LogP contribution in [0.4, 0.5) is 13.2 Å². The molecule has 0 radical (unpaired) electrons. The molecule has 1 atom stereocenters. The number of rotatable bonds is 11. The first-order chi connectivity index (χ1) is 17.8. The number of amides is 1. The number of benzene rings is 2. The third kappa shape index (κ3) is 8.20. The van der Waals surface area contributed by atoms with Gasteiger partial charge in [0.2, 0.25) is 5.91 Å². The van der Waals surface area contributed by atoms with Crippen LogP contribution in [0.1, 0.15) is 41.1 Å². The predicted octanol–water partition coefficient (Wildman–Crippen LogP) is 5.86. The van der Waals surface area contributed by atoms with E-state index in [0.29, 0.717) is 45.0 Å². The molecule has 37 heavy (non-hydrogen) atoms. The highest BCUT2D eigenvalue weighted by Gasteiger charge is 2.30. The van der Waals surface area contributed by atoms with E-state index in [1.54, 1.807) is 4.90 Å². The number of carbonyl (C=O) groups is 1. The third-order valence-corrected chi connectivity index (χ3v) is 6.54. The van der Waals surface area contributed by atoms with Crippen LogP contribution in [0, 0.1) is 6.92 Å². The van der Waals surface area contributed by atoms with Crippen molar-refractivity contribution in [3.05, 3.63) is 94.9 Å². The highest BCUT2D eigenvalue weighted by atomic mass is 19.4. The van der Waals surface area contributed by atoms with Crippen LogP contribution in [0.25, 0.3) is 0 Å². The summed E-state index contributed by atoms with van der Waals surface area (Å²) < 4.78 is 50.6. The molecule has 2 aromatic carbocycles. The van der Waals surface area contributed by atoms with Gasteiger partial charge in [-0.15, -0.1) is 0 Å². The molecule has 3 aromatic rings. The fraction of sp³-hybridized carbons (Fsp3) is 0.414. The van der Waals surface area contributed by atoms with E-state index in [2.05, 4.69) is 0 Å². The van der Waals surface area contributed by atoms with Crippen molar-refractivity contribution in [2.24, 2.45) is 0 Å². The molecule has 8 heteroatoms. The fourth-order valence-corrected chi connectivity index (χ4v) is 4.57. The molecular weight excluding hydrogens is 481 g/mol. The standard InChI is InChI=1S/C29H33F3N2O3/c1-22-9-14-27(37-22)20-34(16-15-23-6-3-2-4-7-23)28(35)21-33(19-26-8-5-17-36-26)18-24-10-12-25(13-11-24)29(30,31)32/h2-4,6-7,9-14,26H,5,8,15-21H2,1H3/t26-/m1/s1. The van der Waals surface area contributed by atoms with Crippen LogP contribution in [0.2, 0.25) is 0 Å². The second-order valence-electron chi connectivity index (χ2n) is 9.56. The van der Waals surface area contributed by atoms with Crippen LogP contribution in [-0.4, -0.2) is 48.1 Å². The molecule has 1 saturated heterocycles. The van der Waals surface area contributed by atoms with E-state index in [1.165, 1.54) is 12.1 Å². The van der Waals surface area contributed by atoms with E-state index in [9.17, 15) is 18.0 Å². The molecule has 0 bridgehead atoms. The van der Waals surface area contributed by atoms with Crippen molar-refractivity contribution in [1.82, 2.24) is 9.80 Å². The van der Waals surface area contributed by atoms with Gasteiger partial charge in [0.05, 0.1) is 24.8 Å². The molecule has 1 fully saturated rings. The Morgan fingerprint density at radius 2 is 1.73 bits per heavy atom. The molecule has 4 rings (SSSR count). The average molecular weight is 515 g/mol. The zero-order valence-corrected chi connectivity index (χ0v) is 21.0. The first-order valence-electron chi connectivity index (χ1n) is 12.6. The molecule has 5 nitrogen and oxygen atoms in total. The molecule has 0 aliphatic carbocycles. The normalized spacial score (nSPS) is 15.9. The van der Waals surface area contributed by atoms with Crippen molar-refractivity contribution in [2.75, 3.05) is 26.2 Å². The minimum atomic E-state index is -4.38. The van der Waals surface area contributed by atoms with Gasteiger partial charge >= 0.3 is 6.18 Å². The number of aryl methyl sites for hydroxylation is 1. The SMILES string of the molecule is Cc1ccc(CN(CCc2ccccc2)C(=O)CN(Cc2ccc(C(F)(F)F)cc2)C[C@H]2CCCO2)o1. The Bertz CT molecular complexity index is 1120. The van der Waals surface area contributed by atoms with Gasteiger partial charge in [0, 0.05) is 26.2 Å². The van der Waals surface area contributed by atoms with E-state index in [1.807, 2.05) is 54.3 Å². The summed E-state index contributed by atoms with van der Waals surface area (Å²) in [6.07, 6.45) is -1.80. The quantitative estimate of drug-likeness (QED) is 0.322. The maximum absolute atomic E-state index is 13.6. The largest absolute Gasteiger partial charge is 0.464 e. The summed E-state index contributed by atoms with van der Waals surface area (Å²) in [6.45, 7) is 4.47. The first kappa shape index (κ1) is 26.9. The van der Waals surface area contributed by atoms with Crippen molar-refractivity contribution in [3.63, 3.8) is 0 Å². The Morgan fingerprint density at radius 3 is 2.35 bits per heavy atom. The molecule has 198 valence electrons. The van der Waals surface area contributed by atoms with Crippen molar-refractivity contribution in [2.45, 2.75) is 51.6 Å². The summed E-state index contributed by atoms with van der Waals surface area (Å²) >= 11 is 0. The minimum Gasteiger partial charge on any atom is -0.464 e. The van der Waals surface area contributed by atoms with Gasteiger partial charge in [0.1, 0.15) is 11.5 Å². The Kier molecular flexibility index (Phi) is 9.05. The topological polar surface area (TPSA) is 45.9 Å². The van der Waals surface area contributed by atoms with Crippen LogP contribution < -0.4 is 0 Å². The Hall–Kier alpha value is -3.10. The van der Waals surface area contributed by atoms with Gasteiger partial charge in [-0.1, -0.05) is 42.5 Å². The van der Waals surface area contributed by atoms with E-state index in [0.717, 1.165) is 41.9 Å². The van der Waals surface area contributed by atoms with E-state index < -0.39 is 11.7 Å². The lowest BCUT2D eigenvalue weighted by Crippen LogP contribution is -2.43. The maximum atomic E-state index is 13.6.